The fourth-order valence-electron chi connectivity index (χ4n) is 3.25. The number of nitriles is 1. The topological polar surface area (TPSA) is 76.6 Å². The van der Waals surface area contributed by atoms with Crippen molar-refractivity contribution in [1.82, 2.24) is 19.7 Å². The predicted octanol–water partition coefficient (Wildman–Crippen LogP) is 4.82. The van der Waals surface area contributed by atoms with Crippen molar-refractivity contribution >= 4 is 11.8 Å². The van der Waals surface area contributed by atoms with Gasteiger partial charge in [0.15, 0.2) is 11.0 Å². The van der Waals surface area contributed by atoms with Gasteiger partial charge in [-0.25, -0.2) is 0 Å². The van der Waals surface area contributed by atoms with Gasteiger partial charge in [0.2, 0.25) is 0 Å². The Morgan fingerprint density at radius 1 is 0.968 bits per heavy atom. The summed E-state index contributed by atoms with van der Waals surface area (Å²) in [6.45, 7) is 1.25. The van der Waals surface area contributed by atoms with E-state index in [9.17, 15) is 5.26 Å². The summed E-state index contributed by atoms with van der Waals surface area (Å²) in [7, 11) is 1.69. The molecule has 0 bridgehead atoms. The number of thioether (sulfide) groups is 1. The number of hydrogen-bond acceptors (Lipinski definition) is 6. The van der Waals surface area contributed by atoms with Crippen molar-refractivity contribution in [3.8, 4) is 28.6 Å². The highest BCUT2D eigenvalue weighted by Gasteiger charge is 2.14. The molecule has 2 aromatic carbocycles. The predicted molar refractivity (Wildman–Crippen MR) is 121 cm³/mol. The van der Waals surface area contributed by atoms with Crippen molar-refractivity contribution < 1.29 is 4.74 Å². The summed E-state index contributed by atoms with van der Waals surface area (Å²) in [4.78, 5) is 4.08. The Morgan fingerprint density at radius 3 is 2.48 bits per heavy atom. The van der Waals surface area contributed by atoms with Crippen molar-refractivity contribution in [3.05, 3.63) is 84.2 Å². The van der Waals surface area contributed by atoms with E-state index in [0.29, 0.717) is 18.7 Å². The van der Waals surface area contributed by atoms with Gasteiger partial charge in [0.05, 0.1) is 24.8 Å². The molecule has 4 rings (SSSR count). The number of hydrogen-bond donors (Lipinski definition) is 0. The van der Waals surface area contributed by atoms with Crippen molar-refractivity contribution in [2.75, 3.05) is 13.7 Å². The molecule has 0 aliphatic carbocycles. The number of ether oxygens (including phenoxy) is 1. The SMILES string of the molecule is COCCn1c(SCc2ccc(-c3ccccc3C#N)cc2)nnc1-c1ccncc1. The quantitative estimate of drug-likeness (QED) is 0.375. The molecule has 2 aromatic heterocycles. The molecule has 6 nitrogen and oxygen atoms in total. The highest BCUT2D eigenvalue weighted by molar-refractivity contribution is 7.98. The van der Waals surface area contributed by atoms with Crippen LogP contribution in [0.1, 0.15) is 11.1 Å². The molecule has 0 amide bonds. The van der Waals surface area contributed by atoms with Crippen LogP contribution in [-0.2, 0) is 17.0 Å². The van der Waals surface area contributed by atoms with E-state index in [2.05, 4.69) is 50.1 Å². The second-order valence-electron chi connectivity index (χ2n) is 6.83. The molecule has 0 fully saturated rings. The lowest BCUT2D eigenvalue weighted by atomic mass is 10.00. The minimum Gasteiger partial charge on any atom is -0.383 e. The van der Waals surface area contributed by atoms with Crippen molar-refractivity contribution in [2.45, 2.75) is 17.5 Å². The summed E-state index contributed by atoms with van der Waals surface area (Å²) in [5.74, 6) is 1.58. The second-order valence-corrected chi connectivity index (χ2v) is 7.77. The molecule has 0 unspecified atom stereocenters. The molecular weight excluding hydrogens is 406 g/mol. The smallest absolute Gasteiger partial charge is 0.191 e. The average Bonchev–Trinajstić information content (AvgIpc) is 3.25. The van der Waals surface area contributed by atoms with Crippen LogP contribution in [-0.4, -0.2) is 33.5 Å². The fraction of sp³-hybridized carbons (Fsp3) is 0.167. The van der Waals surface area contributed by atoms with Gasteiger partial charge >= 0.3 is 0 Å². The maximum absolute atomic E-state index is 9.34. The molecule has 0 aliphatic rings. The summed E-state index contributed by atoms with van der Waals surface area (Å²) in [5.41, 5.74) is 4.82. The Hall–Kier alpha value is -3.47. The van der Waals surface area contributed by atoms with E-state index in [1.54, 1.807) is 31.3 Å². The molecule has 7 heteroatoms. The molecule has 0 atom stereocenters. The van der Waals surface area contributed by atoms with Crippen LogP contribution in [0.3, 0.4) is 0 Å². The van der Waals surface area contributed by atoms with Gasteiger partial charge in [-0.05, 0) is 34.9 Å². The average molecular weight is 428 g/mol. The van der Waals surface area contributed by atoms with Crippen LogP contribution >= 0.6 is 11.8 Å². The van der Waals surface area contributed by atoms with Crippen LogP contribution in [0.25, 0.3) is 22.5 Å². The number of benzene rings is 2. The molecule has 0 aliphatic heterocycles. The number of rotatable bonds is 8. The summed E-state index contributed by atoms with van der Waals surface area (Å²) < 4.78 is 7.36. The molecular formula is C24H21N5OS. The van der Waals surface area contributed by atoms with E-state index < -0.39 is 0 Å². The lowest BCUT2D eigenvalue weighted by molar-refractivity contribution is 0.185. The van der Waals surface area contributed by atoms with Gasteiger partial charge in [-0.2, -0.15) is 5.26 Å². The fourth-order valence-corrected chi connectivity index (χ4v) is 4.18. The highest BCUT2D eigenvalue weighted by atomic mass is 32.2. The number of aromatic nitrogens is 4. The maximum atomic E-state index is 9.34. The van der Waals surface area contributed by atoms with E-state index in [-0.39, 0.29) is 0 Å². The zero-order valence-electron chi connectivity index (χ0n) is 17.1. The van der Waals surface area contributed by atoms with Gasteiger partial charge in [-0.1, -0.05) is 54.2 Å². The second kappa shape index (κ2) is 10.0. The van der Waals surface area contributed by atoms with Crippen LogP contribution in [0.15, 0.2) is 78.2 Å². The van der Waals surface area contributed by atoms with Crippen molar-refractivity contribution in [1.29, 1.82) is 5.26 Å². The van der Waals surface area contributed by atoms with Gasteiger partial charge in [0, 0.05) is 30.8 Å². The van der Waals surface area contributed by atoms with Gasteiger partial charge in [0.1, 0.15) is 0 Å². The standard InChI is InChI=1S/C24H21N5OS/c1-30-15-14-29-23(20-10-12-26-13-11-20)27-28-24(29)31-17-18-6-8-19(9-7-18)22-5-3-2-4-21(22)16-25/h2-13H,14-15,17H2,1H3. The van der Waals surface area contributed by atoms with Gasteiger partial charge in [-0.3, -0.25) is 9.55 Å². The van der Waals surface area contributed by atoms with Crippen molar-refractivity contribution in [2.24, 2.45) is 0 Å². The van der Waals surface area contributed by atoms with Gasteiger partial charge in [-0.15, -0.1) is 10.2 Å². The Bertz CT molecular complexity index is 1180. The van der Waals surface area contributed by atoms with E-state index in [1.807, 2.05) is 36.4 Å². The normalized spacial score (nSPS) is 10.7. The first-order valence-electron chi connectivity index (χ1n) is 9.84. The largest absolute Gasteiger partial charge is 0.383 e. The van der Waals surface area contributed by atoms with Crippen LogP contribution < -0.4 is 0 Å². The molecule has 0 spiro atoms. The molecule has 0 saturated carbocycles. The third-order valence-corrected chi connectivity index (χ3v) is 5.89. The number of methoxy groups -OCH3 is 1. The molecule has 2 heterocycles. The van der Waals surface area contributed by atoms with E-state index in [0.717, 1.165) is 33.4 Å². The Morgan fingerprint density at radius 2 is 1.74 bits per heavy atom. The van der Waals surface area contributed by atoms with Crippen LogP contribution in [0.5, 0.6) is 0 Å². The van der Waals surface area contributed by atoms with Crippen LogP contribution in [0.2, 0.25) is 0 Å². The van der Waals surface area contributed by atoms with Crippen molar-refractivity contribution in [3.63, 3.8) is 0 Å². The monoisotopic (exact) mass is 427 g/mol. The van der Waals surface area contributed by atoms with E-state index in [4.69, 9.17) is 4.74 Å². The molecule has 31 heavy (non-hydrogen) atoms. The maximum Gasteiger partial charge on any atom is 0.191 e. The summed E-state index contributed by atoms with van der Waals surface area (Å²) >= 11 is 1.64. The zero-order valence-corrected chi connectivity index (χ0v) is 17.9. The third kappa shape index (κ3) is 4.82. The van der Waals surface area contributed by atoms with E-state index in [1.165, 1.54) is 5.56 Å². The Labute approximate surface area is 185 Å². The molecule has 0 radical (unpaired) electrons. The zero-order chi connectivity index (χ0) is 21.5. The molecule has 0 saturated heterocycles. The summed E-state index contributed by atoms with van der Waals surface area (Å²) in [6.07, 6.45) is 3.51. The Kier molecular flexibility index (Phi) is 6.72. The first-order chi connectivity index (χ1) is 15.3. The minimum atomic E-state index is 0.580. The molecule has 4 aromatic rings. The minimum absolute atomic E-state index is 0.580. The summed E-state index contributed by atoms with van der Waals surface area (Å²) in [5, 5.41) is 19.0. The van der Waals surface area contributed by atoms with Gasteiger partial charge < -0.3 is 4.74 Å². The molecule has 154 valence electrons. The highest BCUT2D eigenvalue weighted by Crippen LogP contribution is 2.28. The van der Waals surface area contributed by atoms with Crippen LogP contribution in [0.4, 0.5) is 0 Å². The number of pyridine rings is 1. The summed E-state index contributed by atoms with van der Waals surface area (Å²) in [6, 6.07) is 22.1. The first-order valence-corrected chi connectivity index (χ1v) is 10.8. The number of nitrogens with zero attached hydrogens (tertiary/aromatic N) is 5. The first kappa shape index (κ1) is 20.8. The third-order valence-electron chi connectivity index (χ3n) is 4.85. The van der Waals surface area contributed by atoms with Crippen LogP contribution in [0, 0.1) is 11.3 Å². The van der Waals surface area contributed by atoms with E-state index >= 15 is 0 Å². The Balaban J connectivity index is 1.51. The lowest BCUT2D eigenvalue weighted by Crippen LogP contribution is -2.07. The lowest BCUT2D eigenvalue weighted by Gasteiger charge is -2.10. The molecule has 0 N–H and O–H groups in total. The van der Waals surface area contributed by atoms with Gasteiger partial charge in [0.25, 0.3) is 0 Å².